The molecular weight excluding hydrogens is 338 g/mol. The van der Waals surface area contributed by atoms with E-state index in [-0.39, 0.29) is 6.07 Å². The molecule has 0 unspecified atom stereocenters. The Kier molecular flexibility index (Phi) is 4.00. The number of pyridine rings is 1. The molecule has 1 heterocycles. The van der Waals surface area contributed by atoms with Crippen molar-refractivity contribution in [3.63, 3.8) is 0 Å². The lowest BCUT2D eigenvalue weighted by molar-refractivity contribution is -0.289. The van der Waals surface area contributed by atoms with Crippen molar-refractivity contribution in [3.05, 3.63) is 23.4 Å². The van der Waals surface area contributed by atoms with E-state index in [2.05, 4.69) is 4.98 Å². The van der Waals surface area contributed by atoms with Gasteiger partial charge >= 0.3 is 18.3 Å². The Hall–Kier alpha value is -1.46. The standard InChI is InChI=1S/C9H5F8NO2S/c1-21(19,20)6-3-4(7(10,11)9(15,16)17)2-5(18-6)8(12,13)14/h2-3H,1H3. The first-order valence-corrected chi connectivity index (χ1v) is 6.70. The van der Waals surface area contributed by atoms with E-state index >= 15 is 0 Å². The fourth-order valence-corrected chi connectivity index (χ4v) is 1.79. The van der Waals surface area contributed by atoms with Gasteiger partial charge in [0.2, 0.25) is 0 Å². The third-order valence-corrected chi connectivity index (χ3v) is 3.16. The normalized spacial score (nSPS) is 14.3. The summed E-state index contributed by atoms with van der Waals surface area (Å²) >= 11 is 0. The van der Waals surface area contributed by atoms with Crippen LogP contribution in [0.5, 0.6) is 0 Å². The van der Waals surface area contributed by atoms with Crippen LogP contribution < -0.4 is 0 Å². The van der Waals surface area contributed by atoms with E-state index in [1.54, 1.807) is 0 Å². The second-order valence-electron chi connectivity index (χ2n) is 3.92. The summed E-state index contributed by atoms with van der Waals surface area (Å²) in [6.07, 6.45) is -11.3. The molecular formula is C9H5F8NO2S. The minimum atomic E-state index is -6.19. The highest BCUT2D eigenvalue weighted by atomic mass is 32.2. The van der Waals surface area contributed by atoms with Gasteiger partial charge in [-0.2, -0.15) is 35.1 Å². The summed E-state index contributed by atoms with van der Waals surface area (Å²) < 4.78 is 122. The molecule has 0 aliphatic carbocycles. The van der Waals surface area contributed by atoms with Gasteiger partial charge in [-0.1, -0.05) is 0 Å². The monoisotopic (exact) mass is 343 g/mol. The average Bonchev–Trinajstić information content (AvgIpc) is 2.24. The van der Waals surface area contributed by atoms with Crippen LogP contribution in [0.25, 0.3) is 0 Å². The first kappa shape index (κ1) is 17.6. The molecule has 1 rings (SSSR count). The maximum atomic E-state index is 13.1. The molecule has 0 N–H and O–H groups in total. The second kappa shape index (κ2) is 4.78. The van der Waals surface area contributed by atoms with Crippen LogP contribution in [0.1, 0.15) is 11.3 Å². The summed E-state index contributed by atoms with van der Waals surface area (Å²) in [6.45, 7) is 0. The Labute approximate surface area is 112 Å². The highest BCUT2D eigenvalue weighted by molar-refractivity contribution is 7.90. The number of sulfone groups is 1. The van der Waals surface area contributed by atoms with Crippen molar-refractivity contribution >= 4 is 9.84 Å². The zero-order valence-corrected chi connectivity index (χ0v) is 10.7. The first-order chi connectivity index (χ1) is 9.07. The highest BCUT2D eigenvalue weighted by Crippen LogP contribution is 2.45. The summed E-state index contributed by atoms with van der Waals surface area (Å²) in [5.41, 5.74) is -4.32. The molecule has 0 aromatic carbocycles. The second-order valence-corrected chi connectivity index (χ2v) is 5.88. The largest absolute Gasteiger partial charge is 0.458 e. The van der Waals surface area contributed by atoms with Crippen molar-refractivity contribution in [2.45, 2.75) is 23.3 Å². The molecule has 0 aliphatic heterocycles. The Balaban J connectivity index is 3.69. The molecule has 12 heteroatoms. The van der Waals surface area contributed by atoms with Gasteiger partial charge < -0.3 is 0 Å². The number of hydrogen-bond donors (Lipinski definition) is 0. The van der Waals surface area contributed by atoms with Crippen LogP contribution in [0.3, 0.4) is 0 Å². The molecule has 120 valence electrons. The predicted octanol–water partition coefficient (Wildman–Crippen LogP) is 3.16. The Morgan fingerprint density at radius 2 is 1.43 bits per heavy atom. The van der Waals surface area contributed by atoms with Gasteiger partial charge in [0.1, 0.15) is 5.69 Å². The third kappa shape index (κ3) is 3.60. The van der Waals surface area contributed by atoms with E-state index in [1.165, 1.54) is 0 Å². The maximum Gasteiger partial charge on any atom is 0.458 e. The summed E-state index contributed by atoms with van der Waals surface area (Å²) in [7, 11) is -4.53. The quantitative estimate of drug-likeness (QED) is 0.775. The molecule has 0 fully saturated rings. The van der Waals surface area contributed by atoms with Gasteiger partial charge in [0.05, 0.1) is 0 Å². The van der Waals surface area contributed by atoms with Crippen LogP contribution in [0, 0.1) is 0 Å². The van der Waals surface area contributed by atoms with Crippen LogP contribution >= 0.6 is 0 Å². The topological polar surface area (TPSA) is 47.0 Å². The minimum Gasteiger partial charge on any atom is -0.232 e. The maximum absolute atomic E-state index is 13.1. The fraction of sp³-hybridized carbons (Fsp3) is 0.444. The lowest BCUT2D eigenvalue weighted by Gasteiger charge is -2.21. The zero-order chi connectivity index (χ0) is 16.9. The Morgan fingerprint density at radius 3 is 1.76 bits per heavy atom. The van der Waals surface area contributed by atoms with E-state index in [9.17, 15) is 43.5 Å². The number of rotatable bonds is 2. The molecule has 0 saturated carbocycles. The van der Waals surface area contributed by atoms with E-state index in [0.717, 1.165) is 0 Å². The highest BCUT2D eigenvalue weighted by Gasteiger charge is 2.59. The van der Waals surface area contributed by atoms with Crippen LogP contribution in [-0.4, -0.2) is 25.8 Å². The van der Waals surface area contributed by atoms with Crippen molar-refractivity contribution in [1.29, 1.82) is 0 Å². The van der Waals surface area contributed by atoms with Crippen molar-refractivity contribution in [1.82, 2.24) is 4.98 Å². The van der Waals surface area contributed by atoms with Gasteiger partial charge in [-0.25, -0.2) is 13.4 Å². The SMILES string of the molecule is CS(=O)(=O)c1cc(C(F)(F)C(F)(F)F)cc(C(F)(F)F)n1. The lowest BCUT2D eigenvalue weighted by Crippen LogP contribution is -2.34. The molecule has 0 bridgehead atoms. The fourth-order valence-electron chi connectivity index (χ4n) is 1.19. The van der Waals surface area contributed by atoms with Crippen LogP contribution in [0.2, 0.25) is 0 Å². The summed E-state index contributed by atoms with van der Waals surface area (Å²) in [5.74, 6) is -5.66. The van der Waals surface area contributed by atoms with E-state index in [0.29, 0.717) is 6.26 Å². The molecule has 0 radical (unpaired) electrons. The predicted molar refractivity (Wildman–Crippen MR) is 52.3 cm³/mol. The molecule has 0 amide bonds. The number of alkyl halides is 8. The molecule has 0 saturated heterocycles. The van der Waals surface area contributed by atoms with Crippen molar-refractivity contribution in [3.8, 4) is 0 Å². The lowest BCUT2D eigenvalue weighted by atomic mass is 10.1. The molecule has 1 aromatic rings. The number of hydrogen-bond acceptors (Lipinski definition) is 3. The molecule has 0 atom stereocenters. The van der Waals surface area contributed by atoms with Crippen LogP contribution in [0.4, 0.5) is 35.1 Å². The van der Waals surface area contributed by atoms with E-state index in [1.807, 2.05) is 0 Å². The average molecular weight is 343 g/mol. The number of nitrogens with zero attached hydrogens (tertiary/aromatic N) is 1. The van der Waals surface area contributed by atoms with Crippen molar-refractivity contribution in [2.75, 3.05) is 6.26 Å². The number of halogens is 8. The van der Waals surface area contributed by atoms with E-state index < -0.39 is 50.5 Å². The van der Waals surface area contributed by atoms with Gasteiger partial charge in [-0.15, -0.1) is 0 Å². The van der Waals surface area contributed by atoms with Gasteiger partial charge in [0.15, 0.2) is 14.9 Å². The van der Waals surface area contributed by atoms with Crippen LogP contribution in [-0.2, 0) is 21.9 Å². The summed E-state index contributed by atoms with van der Waals surface area (Å²) in [5, 5.41) is -1.53. The first-order valence-electron chi connectivity index (χ1n) is 4.81. The molecule has 0 aliphatic rings. The van der Waals surface area contributed by atoms with Gasteiger partial charge in [0.25, 0.3) is 0 Å². The van der Waals surface area contributed by atoms with E-state index in [4.69, 9.17) is 0 Å². The van der Waals surface area contributed by atoms with Crippen molar-refractivity contribution < 1.29 is 43.5 Å². The summed E-state index contributed by atoms with van der Waals surface area (Å²) in [4.78, 5) is 2.56. The molecule has 0 spiro atoms. The third-order valence-electron chi connectivity index (χ3n) is 2.19. The molecule has 21 heavy (non-hydrogen) atoms. The summed E-state index contributed by atoms with van der Waals surface area (Å²) in [6, 6.07) is -0.778. The Morgan fingerprint density at radius 1 is 0.952 bits per heavy atom. The van der Waals surface area contributed by atoms with Gasteiger partial charge in [-0.05, 0) is 12.1 Å². The Bertz CT molecular complexity index is 647. The smallest absolute Gasteiger partial charge is 0.232 e. The molecule has 3 nitrogen and oxygen atoms in total. The number of aromatic nitrogens is 1. The molecule has 1 aromatic heterocycles. The van der Waals surface area contributed by atoms with Crippen LogP contribution in [0.15, 0.2) is 17.2 Å². The van der Waals surface area contributed by atoms with Gasteiger partial charge in [0, 0.05) is 11.8 Å². The van der Waals surface area contributed by atoms with Gasteiger partial charge in [-0.3, -0.25) is 0 Å². The minimum absolute atomic E-state index is 0.238. The van der Waals surface area contributed by atoms with Crippen molar-refractivity contribution in [2.24, 2.45) is 0 Å². The zero-order valence-electron chi connectivity index (χ0n) is 9.85.